The highest BCUT2D eigenvalue weighted by atomic mass is 32.2. The molecule has 4 rings (SSSR count). The molecule has 0 saturated carbocycles. The summed E-state index contributed by atoms with van der Waals surface area (Å²) in [5.41, 5.74) is 2.53. The van der Waals surface area contributed by atoms with Crippen LogP contribution >= 0.6 is 11.8 Å². The molecule has 2 aliphatic rings. The van der Waals surface area contributed by atoms with Crippen LogP contribution < -0.4 is 4.74 Å². The van der Waals surface area contributed by atoms with Gasteiger partial charge >= 0.3 is 5.97 Å². The first-order chi connectivity index (χ1) is 12.6. The molecule has 132 valence electrons. The second kappa shape index (κ2) is 6.61. The van der Waals surface area contributed by atoms with Gasteiger partial charge in [-0.05, 0) is 36.2 Å². The van der Waals surface area contributed by atoms with E-state index in [0.29, 0.717) is 11.1 Å². The van der Waals surface area contributed by atoms with Crippen LogP contribution in [0.2, 0.25) is 0 Å². The SMILES string of the molecule is CCOC(=O)C1=NC2C(=C1c1ccc(OC)c(F)c1)Sc1ccccc12. The number of nitrogens with zero attached hydrogens (tertiary/aromatic N) is 1. The molecular weight excluding hydrogens is 353 g/mol. The fraction of sp³-hybridized carbons (Fsp3) is 0.200. The van der Waals surface area contributed by atoms with Gasteiger partial charge in [-0.2, -0.15) is 0 Å². The highest BCUT2D eigenvalue weighted by Gasteiger charge is 2.40. The number of halogens is 1. The number of hydrogen-bond donors (Lipinski definition) is 0. The molecule has 0 spiro atoms. The zero-order chi connectivity index (χ0) is 18.3. The van der Waals surface area contributed by atoms with Gasteiger partial charge in [-0.15, -0.1) is 0 Å². The van der Waals surface area contributed by atoms with Crippen LogP contribution in [0.25, 0.3) is 5.57 Å². The molecule has 2 aliphatic heterocycles. The van der Waals surface area contributed by atoms with Crippen molar-refractivity contribution >= 4 is 29.0 Å². The Labute approximate surface area is 154 Å². The Bertz CT molecular complexity index is 967. The van der Waals surface area contributed by atoms with Crippen LogP contribution in [0.1, 0.15) is 24.1 Å². The van der Waals surface area contributed by atoms with Gasteiger partial charge in [0.15, 0.2) is 17.3 Å². The molecule has 2 heterocycles. The van der Waals surface area contributed by atoms with Crippen LogP contribution in [-0.4, -0.2) is 25.4 Å². The minimum absolute atomic E-state index is 0.158. The molecule has 2 aromatic rings. The van der Waals surface area contributed by atoms with E-state index in [-0.39, 0.29) is 24.1 Å². The third-order valence-corrected chi connectivity index (χ3v) is 5.57. The highest BCUT2D eigenvalue weighted by molar-refractivity contribution is 8.03. The normalized spacial score (nSPS) is 17.7. The van der Waals surface area contributed by atoms with Crippen LogP contribution in [0.4, 0.5) is 4.39 Å². The zero-order valence-electron chi connectivity index (χ0n) is 14.3. The molecule has 26 heavy (non-hydrogen) atoms. The number of benzene rings is 2. The lowest BCUT2D eigenvalue weighted by Crippen LogP contribution is -2.18. The molecule has 0 aliphatic carbocycles. The molecule has 0 fully saturated rings. The summed E-state index contributed by atoms with van der Waals surface area (Å²) in [6.07, 6.45) is 0. The largest absolute Gasteiger partial charge is 0.494 e. The second-order valence-corrected chi connectivity index (χ2v) is 6.91. The summed E-state index contributed by atoms with van der Waals surface area (Å²) in [7, 11) is 1.42. The third kappa shape index (κ3) is 2.61. The van der Waals surface area contributed by atoms with Crippen molar-refractivity contribution < 1.29 is 18.7 Å². The summed E-state index contributed by atoms with van der Waals surface area (Å²) >= 11 is 1.57. The van der Waals surface area contributed by atoms with Gasteiger partial charge in [-0.25, -0.2) is 9.18 Å². The van der Waals surface area contributed by atoms with Crippen molar-refractivity contribution in [3.8, 4) is 5.75 Å². The number of carbonyl (C=O) groups excluding carboxylic acids is 1. The average Bonchev–Trinajstić information content (AvgIpc) is 3.18. The van der Waals surface area contributed by atoms with Crippen molar-refractivity contribution in [3.63, 3.8) is 0 Å². The van der Waals surface area contributed by atoms with E-state index in [0.717, 1.165) is 15.4 Å². The Hall–Kier alpha value is -2.60. The molecule has 1 unspecified atom stereocenters. The first-order valence-corrected chi connectivity index (χ1v) is 9.05. The van der Waals surface area contributed by atoms with E-state index in [1.165, 1.54) is 13.2 Å². The van der Waals surface area contributed by atoms with Crippen LogP contribution in [0.15, 0.2) is 57.3 Å². The number of hydrogen-bond acceptors (Lipinski definition) is 5. The number of carbonyl (C=O) groups is 1. The summed E-state index contributed by atoms with van der Waals surface area (Å²) in [5.74, 6) is -0.810. The zero-order valence-corrected chi connectivity index (χ0v) is 15.1. The lowest BCUT2D eigenvalue weighted by molar-refractivity contribution is -0.134. The summed E-state index contributed by atoms with van der Waals surface area (Å²) in [6, 6.07) is 12.4. The van der Waals surface area contributed by atoms with Gasteiger partial charge in [-0.1, -0.05) is 36.0 Å². The van der Waals surface area contributed by atoms with Crippen LogP contribution in [0, 0.1) is 5.82 Å². The van der Waals surface area contributed by atoms with Gasteiger partial charge in [-0.3, -0.25) is 4.99 Å². The van der Waals surface area contributed by atoms with Crippen molar-refractivity contribution in [1.82, 2.24) is 0 Å². The average molecular weight is 369 g/mol. The third-order valence-electron chi connectivity index (χ3n) is 4.33. The van der Waals surface area contributed by atoms with Crippen molar-refractivity contribution in [2.75, 3.05) is 13.7 Å². The molecule has 0 aromatic heterocycles. The molecular formula is C20H16FNO3S. The van der Waals surface area contributed by atoms with Crippen molar-refractivity contribution in [3.05, 3.63) is 64.3 Å². The fourth-order valence-corrected chi connectivity index (χ4v) is 4.49. The maximum atomic E-state index is 14.3. The van der Waals surface area contributed by atoms with Crippen LogP contribution in [-0.2, 0) is 9.53 Å². The smallest absolute Gasteiger partial charge is 0.357 e. The van der Waals surface area contributed by atoms with E-state index < -0.39 is 11.8 Å². The quantitative estimate of drug-likeness (QED) is 0.749. The first-order valence-electron chi connectivity index (χ1n) is 8.24. The number of ether oxygens (including phenoxy) is 2. The molecule has 0 N–H and O–H groups in total. The Kier molecular flexibility index (Phi) is 4.28. The minimum atomic E-state index is -0.487. The van der Waals surface area contributed by atoms with Crippen molar-refractivity contribution in [2.24, 2.45) is 4.99 Å². The Morgan fingerprint density at radius 1 is 1.27 bits per heavy atom. The van der Waals surface area contributed by atoms with E-state index in [1.54, 1.807) is 30.8 Å². The Balaban J connectivity index is 1.86. The molecule has 6 heteroatoms. The van der Waals surface area contributed by atoms with Gasteiger partial charge in [0.2, 0.25) is 0 Å². The second-order valence-electron chi connectivity index (χ2n) is 5.83. The lowest BCUT2D eigenvalue weighted by Gasteiger charge is -2.10. The minimum Gasteiger partial charge on any atom is -0.494 e. The van der Waals surface area contributed by atoms with Gasteiger partial charge < -0.3 is 9.47 Å². The van der Waals surface area contributed by atoms with Crippen LogP contribution in [0.5, 0.6) is 5.75 Å². The lowest BCUT2D eigenvalue weighted by atomic mass is 9.99. The van der Waals surface area contributed by atoms with Crippen LogP contribution in [0.3, 0.4) is 0 Å². The highest BCUT2D eigenvalue weighted by Crippen LogP contribution is 2.55. The molecule has 4 nitrogen and oxygen atoms in total. The number of fused-ring (bicyclic) bond motifs is 3. The number of methoxy groups -OCH3 is 1. The van der Waals surface area contributed by atoms with Gasteiger partial charge in [0.05, 0.1) is 13.7 Å². The number of thioether (sulfide) groups is 1. The van der Waals surface area contributed by atoms with Crippen molar-refractivity contribution in [1.29, 1.82) is 0 Å². The molecule has 1 atom stereocenters. The molecule has 0 radical (unpaired) electrons. The monoisotopic (exact) mass is 369 g/mol. The van der Waals surface area contributed by atoms with E-state index in [9.17, 15) is 9.18 Å². The molecule has 0 amide bonds. The van der Waals surface area contributed by atoms with E-state index in [1.807, 2.05) is 24.3 Å². The van der Waals surface area contributed by atoms with Gasteiger partial charge in [0.25, 0.3) is 0 Å². The summed E-state index contributed by atoms with van der Waals surface area (Å²) < 4.78 is 24.4. The first kappa shape index (κ1) is 16.8. The summed E-state index contributed by atoms with van der Waals surface area (Å²) in [4.78, 5) is 19.1. The fourth-order valence-electron chi connectivity index (χ4n) is 3.20. The van der Waals surface area contributed by atoms with Gasteiger partial charge in [0.1, 0.15) is 6.04 Å². The Morgan fingerprint density at radius 3 is 2.81 bits per heavy atom. The topological polar surface area (TPSA) is 47.9 Å². The standard InChI is InChI=1S/C20H16FNO3S/c1-3-25-20(23)18-16(11-8-9-14(24-2)13(21)10-11)19-17(22-18)12-6-4-5-7-15(12)26-19/h4-10,17H,3H2,1-2H3. The van der Waals surface area contributed by atoms with E-state index >= 15 is 0 Å². The molecule has 0 saturated heterocycles. The number of esters is 1. The maximum Gasteiger partial charge on any atom is 0.357 e. The van der Waals surface area contributed by atoms with E-state index in [4.69, 9.17) is 9.47 Å². The Morgan fingerprint density at radius 2 is 2.08 bits per heavy atom. The van der Waals surface area contributed by atoms with Crippen molar-refractivity contribution in [2.45, 2.75) is 17.9 Å². The van der Waals surface area contributed by atoms with Gasteiger partial charge in [0, 0.05) is 15.4 Å². The summed E-state index contributed by atoms with van der Waals surface area (Å²) in [6.45, 7) is 2.00. The predicted molar refractivity (Wildman–Crippen MR) is 99.0 cm³/mol. The molecule has 2 aromatic carbocycles. The predicted octanol–water partition coefficient (Wildman–Crippen LogP) is 4.41. The molecule has 0 bridgehead atoms. The number of rotatable bonds is 4. The number of aliphatic imine (C=N–C) groups is 1. The summed E-state index contributed by atoms with van der Waals surface area (Å²) in [5, 5.41) is 0. The van der Waals surface area contributed by atoms with E-state index in [2.05, 4.69) is 4.99 Å². The maximum absolute atomic E-state index is 14.3.